The van der Waals surface area contributed by atoms with Gasteiger partial charge in [0.25, 0.3) is 0 Å². The van der Waals surface area contributed by atoms with Crippen LogP contribution < -0.4 is 5.32 Å². The monoisotopic (exact) mass is 247 g/mol. The minimum Gasteiger partial charge on any atom is -0.469 e. The molecule has 2 aliphatic rings. The van der Waals surface area contributed by atoms with Crippen LogP contribution in [-0.2, 0) is 24.2 Å². The van der Waals surface area contributed by atoms with Gasteiger partial charge in [0.15, 0.2) is 9.84 Å². The topological polar surface area (TPSA) is 89.5 Å². The number of carbonyl (C=O) groups excluding carboxylic acids is 2. The molecule has 2 unspecified atom stereocenters. The molecular formula is C9H13NO5S. The molecule has 2 heterocycles. The molecule has 90 valence electrons. The lowest BCUT2D eigenvalue weighted by Crippen LogP contribution is -2.52. The quantitative estimate of drug-likeness (QED) is 0.591. The van der Waals surface area contributed by atoms with Gasteiger partial charge in [0.05, 0.1) is 30.1 Å². The zero-order valence-electron chi connectivity index (χ0n) is 8.86. The van der Waals surface area contributed by atoms with Gasteiger partial charge in [-0.25, -0.2) is 8.42 Å². The van der Waals surface area contributed by atoms with Crippen molar-refractivity contribution in [3.63, 3.8) is 0 Å². The summed E-state index contributed by atoms with van der Waals surface area (Å²) in [6, 6.07) is -0.633. The predicted octanol–water partition coefficient (Wildman–Crippen LogP) is -1.15. The van der Waals surface area contributed by atoms with Gasteiger partial charge in [-0.2, -0.15) is 0 Å². The van der Waals surface area contributed by atoms with Crippen molar-refractivity contribution in [1.29, 1.82) is 0 Å². The van der Waals surface area contributed by atoms with Gasteiger partial charge < -0.3 is 10.1 Å². The summed E-state index contributed by atoms with van der Waals surface area (Å²) in [5, 5.41) is 2.55. The maximum atomic E-state index is 11.7. The number of carbonyl (C=O) groups is 2. The van der Waals surface area contributed by atoms with Crippen LogP contribution in [0.25, 0.3) is 0 Å². The highest BCUT2D eigenvalue weighted by atomic mass is 32.2. The minimum atomic E-state index is -3.16. The van der Waals surface area contributed by atoms with Crippen molar-refractivity contribution in [2.24, 2.45) is 5.41 Å². The third-order valence-corrected chi connectivity index (χ3v) is 5.02. The van der Waals surface area contributed by atoms with Gasteiger partial charge in [-0.05, 0) is 6.42 Å². The molecule has 0 bridgehead atoms. The van der Waals surface area contributed by atoms with E-state index in [1.807, 2.05) is 0 Å². The number of sulfone groups is 1. The largest absolute Gasteiger partial charge is 0.469 e. The van der Waals surface area contributed by atoms with Gasteiger partial charge in [-0.1, -0.05) is 0 Å². The number of amides is 1. The molecule has 0 aromatic rings. The van der Waals surface area contributed by atoms with Gasteiger partial charge in [0.2, 0.25) is 5.91 Å². The number of fused-ring (bicyclic) bond motifs is 1. The standard InChI is InChI=1S/C9H13NO5S/c1-15-8(12)9-2-3-16(13,14)5-6(9)10-7(11)4-9/h6H,2-5H2,1H3,(H,10,11). The zero-order valence-corrected chi connectivity index (χ0v) is 9.67. The maximum absolute atomic E-state index is 11.7. The number of nitrogens with one attached hydrogen (secondary N) is 1. The third-order valence-electron chi connectivity index (χ3n) is 3.35. The highest BCUT2D eigenvalue weighted by Crippen LogP contribution is 2.41. The van der Waals surface area contributed by atoms with Gasteiger partial charge in [0.1, 0.15) is 0 Å². The van der Waals surface area contributed by atoms with Crippen LogP contribution in [0.2, 0.25) is 0 Å². The van der Waals surface area contributed by atoms with E-state index in [2.05, 4.69) is 10.1 Å². The number of rotatable bonds is 1. The fourth-order valence-corrected chi connectivity index (χ4v) is 4.20. The van der Waals surface area contributed by atoms with Gasteiger partial charge >= 0.3 is 5.97 Å². The fraction of sp³-hybridized carbons (Fsp3) is 0.778. The second kappa shape index (κ2) is 3.44. The molecule has 0 spiro atoms. The van der Waals surface area contributed by atoms with E-state index in [1.165, 1.54) is 7.11 Å². The highest BCUT2D eigenvalue weighted by molar-refractivity contribution is 7.91. The number of hydrogen-bond acceptors (Lipinski definition) is 5. The summed E-state index contributed by atoms with van der Waals surface area (Å²) in [6.45, 7) is 0. The summed E-state index contributed by atoms with van der Waals surface area (Å²) < 4.78 is 27.6. The molecule has 2 fully saturated rings. The molecule has 16 heavy (non-hydrogen) atoms. The van der Waals surface area contributed by atoms with Crippen molar-refractivity contribution in [1.82, 2.24) is 5.32 Å². The Morgan fingerprint density at radius 1 is 1.56 bits per heavy atom. The average molecular weight is 247 g/mol. The van der Waals surface area contributed by atoms with Gasteiger partial charge in [0, 0.05) is 6.42 Å². The first-order valence-electron chi connectivity index (χ1n) is 4.98. The van der Waals surface area contributed by atoms with E-state index in [4.69, 9.17) is 0 Å². The van der Waals surface area contributed by atoms with Crippen LogP contribution in [0, 0.1) is 5.41 Å². The van der Waals surface area contributed by atoms with Crippen molar-refractivity contribution < 1.29 is 22.7 Å². The second-order valence-corrected chi connectivity index (χ2v) is 6.54. The Bertz CT molecular complexity index is 443. The molecular weight excluding hydrogens is 234 g/mol. The van der Waals surface area contributed by atoms with Crippen LogP contribution in [0.4, 0.5) is 0 Å². The third kappa shape index (κ3) is 1.59. The Kier molecular flexibility index (Phi) is 2.45. The van der Waals surface area contributed by atoms with Crippen molar-refractivity contribution in [2.45, 2.75) is 18.9 Å². The number of esters is 1. The molecule has 0 aliphatic carbocycles. The number of ether oxygens (including phenoxy) is 1. The lowest BCUT2D eigenvalue weighted by molar-refractivity contribution is -0.154. The molecule has 2 rings (SSSR count). The Morgan fingerprint density at radius 3 is 2.88 bits per heavy atom. The van der Waals surface area contributed by atoms with E-state index in [-0.39, 0.29) is 30.3 Å². The molecule has 0 saturated carbocycles. The fourth-order valence-electron chi connectivity index (χ4n) is 2.45. The van der Waals surface area contributed by atoms with Crippen LogP contribution in [0.5, 0.6) is 0 Å². The van der Waals surface area contributed by atoms with Crippen LogP contribution in [0.3, 0.4) is 0 Å². The summed E-state index contributed by atoms with van der Waals surface area (Å²) in [7, 11) is -1.91. The Hall–Kier alpha value is -1.11. The number of hydrogen-bond donors (Lipinski definition) is 1. The summed E-state index contributed by atoms with van der Waals surface area (Å²) in [5.74, 6) is -1.01. The van der Waals surface area contributed by atoms with Crippen LogP contribution >= 0.6 is 0 Å². The Morgan fingerprint density at radius 2 is 2.25 bits per heavy atom. The van der Waals surface area contributed by atoms with Crippen molar-refractivity contribution >= 4 is 21.7 Å². The summed E-state index contributed by atoms with van der Waals surface area (Å²) >= 11 is 0. The first kappa shape index (κ1) is 11.4. The van der Waals surface area contributed by atoms with E-state index in [0.29, 0.717) is 0 Å². The SMILES string of the molecule is COC(=O)C12CCS(=O)(=O)CC1NC(=O)C2. The first-order chi connectivity index (χ1) is 7.39. The summed E-state index contributed by atoms with van der Waals surface area (Å²) in [6.07, 6.45) is 0.186. The van der Waals surface area contributed by atoms with E-state index in [1.54, 1.807) is 0 Å². The lowest BCUT2D eigenvalue weighted by Gasteiger charge is -2.34. The van der Waals surface area contributed by atoms with E-state index < -0.39 is 27.3 Å². The molecule has 7 heteroatoms. The molecule has 0 radical (unpaired) electrons. The minimum absolute atomic E-state index is 0.0276. The maximum Gasteiger partial charge on any atom is 0.314 e. The number of methoxy groups -OCH3 is 1. The molecule has 2 saturated heterocycles. The molecule has 1 N–H and O–H groups in total. The molecule has 1 amide bonds. The zero-order chi connectivity index (χ0) is 12.0. The van der Waals surface area contributed by atoms with Crippen molar-refractivity contribution in [2.75, 3.05) is 18.6 Å². The average Bonchev–Trinajstić information content (AvgIpc) is 2.52. The van der Waals surface area contributed by atoms with E-state index in [0.717, 1.165) is 0 Å². The van der Waals surface area contributed by atoms with Crippen LogP contribution in [0.1, 0.15) is 12.8 Å². The smallest absolute Gasteiger partial charge is 0.314 e. The summed E-state index contributed by atoms with van der Waals surface area (Å²) in [5.41, 5.74) is -0.975. The predicted molar refractivity (Wildman–Crippen MR) is 54.3 cm³/mol. The molecule has 2 atom stereocenters. The van der Waals surface area contributed by atoms with E-state index in [9.17, 15) is 18.0 Å². The molecule has 0 aromatic carbocycles. The Labute approximate surface area is 93.3 Å². The lowest BCUT2D eigenvalue weighted by atomic mass is 9.78. The summed E-state index contributed by atoms with van der Waals surface area (Å²) in [4.78, 5) is 23.0. The molecule has 0 aromatic heterocycles. The van der Waals surface area contributed by atoms with Crippen molar-refractivity contribution in [3.8, 4) is 0 Å². The molecule has 6 nitrogen and oxygen atoms in total. The normalized spacial score (nSPS) is 36.3. The second-order valence-electron chi connectivity index (χ2n) is 4.31. The van der Waals surface area contributed by atoms with Gasteiger partial charge in [-0.15, -0.1) is 0 Å². The Balaban J connectivity index is 2.36. The highest BCUT2D eigenvalue weighted by Gasteiger charge is 2.57. The molecule has 2 aliphatic heterocycles. The van der Waals surface area contributed by atoms with E-state index >= 15 is 0 Å². The van der Waals surface area contributed by atoms with Crippen LogP contribution in [-0.4, -0.2) is 45.0 Å². The first-order valence-corrected chi connectivity index (χ1v) is 6.80. The van der Waals surface area contributed by atoms with Gasteiger partial charge in [-0.3, -0.25) is 9.59 Å². The van der Waals surface area contributed by atoms with Crippen molar-refractivity contribution in [3.05, 3.63) is 0 Å². The van der Waals surface area contributed by atoms with Crippen LogP contribution in [0.15, 0.2) is 0 Å².